The highest BCUT2D eigenvalue weighted by molar-refractivity contribution is 5.72. The summed E-state index contributed by atoms with van der Waals surface area (Å²) < 4.78 is 0. The Bertz CT molecular complexity index is 1020. The number of primary amides is 1. The van der Waals surface area contributed by atoms with Gasteiger partial charge in [0.1, 0.15) is 11.6 Å². The molecule has 2 fully saturated rings. The number of urea groups is 1. The number of hydrogen-bond acceptors (Lipinski definition) is 7. The van der Waals surface area contributed by atoms with Crippen LogP contribution in [0.1, 0.15) is 43.2 Å². The van der Waals surface area contributed by atoms with Crippen LogP contribution in [0.4, 0.5) is 22.4 Å². The van der Waals surface area contributed by atoms with Crippen molar-refractivity contribution in [1.82, 2.24) is 19.8 Å². The van der Waals surface area contributed by atoms with E-state index in [0.29, 0.717) is 6.54 Å². The number of nitrogens with zero attached hydrogens (tertiary/aromatic N) is 6. The molecule has 1 aromatic carbocycles. The summed E-state index contributed by atoms with van der Waals surface area (Å²) >= 11 is 0. The molecule has 200 valence electrons. The molecule has 1 aromatic heterocycles. The first-order valence-corrected chi connectivity index (χ1v) is 14.0. The van der Waals surface area contributed by atoms with E-state index < -0.39 is 0 Å². The fraction of sp³-hybridized carbons (Fsp3) is 0.607. The molecule has 9 nitrogen and oxygen atoms in total. The van der Waals surface area contributed by atoms with Crippen molar-refractivity contribution < 1.29 is 4.79 Å². The molecule has 0 spiro atoms. The zero-order chi connectivity index (χ0) is 25.6. The number of carbonyl (C=O) groups is 1. The van der Waals surface area contributed by atoms with E-state index in [1.807, 2.05) is 4.90 Å². The van der Waals surface area contributed by atoms with Crippen molar-refractivity contribution >= 4 is 23.6 Å². The van der Waals surface area contributed by atoms with Gasteiger partial charge in [-0.2, -0.15) is 9.97 Å². The molecular weight excluding hydrogens is 464 g/mol. The van der Waals surface area contributed by atoms with Gasteiger partial charge in [-0.15, -0.1) is 0 Å². The number of aryl methyl sites for hydroxylation is 1. The lowest BCUT2D eigenvalue weighted by molar-refractivity contribution is 0.165. The van der Waals surface area contributed by atoms with E-state index in [-0.39, 0.29) is 12.1 Å². The summed E-state index contributed by atoms with van der Waals surface area (Å²) in [6, 6.07) is 10.5. The van der Waals surface area contributed by atoms with Crippen LogP contribution in [-0.2, 0) is 12.8 Å². The summed E-state index contributed by atoms with van der Waals surface area (Å²) in [7, 11) is 2.10. The Morgan fingerprint density at radius 3 is 2.43 bits per heavy atom. The van der Waals surface area contributed by atoms with Crippen molar-refractivity contribution in [2.75, 3.05) is 74.5 Å². The van der Waals surface area contributed by atoms with E-state index in [4.69, 9.17) is 15.7 Å². The second-order valence-electron chi connectivity index (χ2n) is 10.7. The van der Waals surface area contributed by atoms with Gasteiger partial charge < -0.3 is 30.7 Å². The van der Waals surface area contributed by atoms with Gasteiger partial charge in [-0.3, -0.25) is 0 Å². The van der Waals surface area contributed by atoms with Gasteiger partial charge in [-0.1, -0.05) is 24.3 Å². The molecular formula is C28H42N8O. The molecule has 3 heterocycles. The first kappa shape index (κ1) is 25.6. The van der Waals surface area contributed by atoms with E-state index in [9.17, 15) is 4.79 Å². The maximum Gasteiger partial charge on any atom is 0.315 e. The molecule has 2 aliphatic heterocycles. The number of rotatable bonds is 10. The molecule has 3 aliphatic rings. The Balaban J connectivity index is 1.13. The Hall–Kier alpha value is -3.07. The smallest absolute Gasteiger partial charge is 0.315 e. The highest BCUT2D eigenvalue weighted by Gasteiger charge is 2.26. The van der Waals surface area contributed by atoms with Gasteiger partial charge in [0.25, 0.3) is 0 Å². The molecule has 1 aliphatic carbocycles. The Kier molecular flexibility index (Phi) is 8.28. The highest BCUT2D eigenvalue weighted by atomic mass is 16.2. The Morgan fingerprint density at radius 1 is 1.00 bits per heavy atom. The number of anilines is 3. The lowest BCUT2D eigenvalue weighted by atomic mass is 9.87. The van der Waals surface area contributed by atoms with Gasteiger partial charge >= 0.3 is 6.03 Å². The van der Waals surface area contributed by atoms with Crippen molar-refractivity contribution in [2.45, 2.75) is 51.0 Å². The van der Waals surface area contributed by atoms with Crippen LogP contribution in [0.5, 0.6) is 0 Å². The molecule has 2 saturated heterocycles. The van der Waals surface area contributed by atoms with Gasteiger partial charge in [0, 0.05) is 64.5 Å². The van der Waals surface area contributed by atoms with E-state index in [1.54, 1.807) is 0 Å². The first-order chi connectivity index (χ1) is 18.1. The third kappa shape index (κ3) is 6.44. The predicted molar refractivity (Wildman–Crippen MR) is 149 cm³/mol. The zero-order valence-electron chi connectivity index (χ0n) is 22.2. The number of nitrogens with one attached hydrogen (secondary N) is 1. The summed E-state index contributed by atoms with van der Waals surface area (Å²) in [4.78, 5) is 30.9. The third-order valence-electron chi connectivity index (χ3n) is 8.09. The van der Waals surface area contributed by atoms with Crippen molar-refractivity contribution in [3.8, 4) is 0 Å². The van der Waals surface area contributed by atoms with Crippen LogP contribution < -0.4 is 20.9 Å². The number of nitrogens with two attached hydrogens (primary N) is 1. The molecule has 0 unspecified atom stereocenters. The van der Waals surface area contributed by atoms with Crippen molar-refractivity contribution in [3.05, 3.63) is 41.5 Å². The van der Waals surface area contributed by atoms with Crippen molar-refractivity contribution in [3.63, 3.8) is 0 Å². The summed E-state index contributed by atoms with van der Waals surface area (Å²) in [5.41, 5.74) is 8.56. The fourth-order valence-corrected chi connectivity index (χ4v) is 5.86. The average Bonchev–Trinajstić information content (AvgIpc) is 3.64. The number of hydrogen-bond donors (Lipinski definition) is 2. The minimum Gasteiger partial charge on any atom is -0.369 e. The topological polar surface area (TPSA) is 93.9 Å². The van der Waals surface area contributed by atoms with E-state index >= 15 is 0 Å². The van der Waals surface area contributed by atoms with Gasteiger partial charge in [0.05, 0.1) is 0 Å². The van der Waals surface area contributed by atoms with E-state index in [0.717, 1.165) is 82.7 Å². The van der Waals surface area contributed by atoms with Crippen molar-refractivity contribution in [2.24, 2.45) is 5.73 Å². The number of carbonyl (C=O) groups excluding carboxylic acids is 1. The second kappa shape index (κ2) is 12.0. The number of fused-ring (bicyclic) bond motifs is 1. The average molecular weight is 507 g/mol. The molecule has 3 N–H and O–H groups in total. The summed E-state index contributed by atoms with van der Waals surface area (Å²) in [6.07, 6.45) is 7.73. The highest BCUT2D eigenvalue weighted by Crippen LogP contribution is 2.26. The largest absolute Gasteiger partial charge is 0.369 e. The number of aromatic nitrogens is 2. The quantitative estimate of drug-likeness (QED) is 0.512. The van der Waals surface area contributed by atoms with Gasteiger partial charge in [-0.05, 0) is 63.1 Å². The zero-order valence-corrected chi connectivity index (χ0v) is 22.2. The molecule has 1 atom stereocenters. The maximum absolute atomic E-state index is 12.3. The Labute approximate surface area is 221 Å². The van der Waals surface area contributed by atoms with Crippen LogP contribution in [0.15, 0.2) is 30.3 Å². The Morgan fingerprint density at radius 2 is 1.70 bits per heavy atom. The molecule has 37 heavy (non-hydrogen) atoms. The normalized spacial score (nSPS) is 19.4. The molecule has 0 radical (unpaired) electrons. The van der Waals surface area contributed by atoms with Crippen LogP contribution in [0.25, 0.3) is 0 Å². The van der Waals surface area contributed by atoms with E-state index in [2.05, 4.69) is 57.4 Å². The minimum absolute atomic E-state index is 0.174. The van der Waals surface area contributed by atoms with Gasteiger partial charge in [-0.25, -0.2) is 4.79 Å². The number of benzene rings is 1. The second-order valence-corrected chi connectivity index (χ2v) is 10.7. The SMILES string of the molecule is CN(CCNc1cc(N2CCCC2)nc(N2CCCC2)n1)CCN(C(N)=O)[C@@H]1CCc2ccccc2C1. The fourth-order valence-electron chi connectivity index (χ4n) is 5.86. The lowest BCUT2D eigenvalue weighted by Gasteiger charge is -2.35. The van der Waals surface area contributed by atoms with E-state index in [1.165, 1.54) is 36.8 Å². The van der Waals surface area contributed by atoms with Crippen LogP contribution in [0.3, 0.4) is 0 Å². The van der Waals surface area contributed by atoms with Crippen LogP contribution in [0, 0.1) is 0 Å². The summed E-state index contributed by atoms with van der Waals surface area (Å²) in [6.45, 7) is 7.27. The molecule has 0 saturated carbocycles. The standard InChI is InChI=1S/C28H42N8O/c1-33(18-19-36(27(29)37)24-11-10-22-8-2-3-9-23(22)20-24)17-12-30-25-21-26(34-13-4-5-14-34)32-28(31-25)35-15-6-7-16-35/h2-3,8-9,21,24H,4-7,10-20H2,1H3,(H2,29,37)(H,30,31,32)/t24-/m1/s1. The third-order valence-corrected chi connectivity index (χ3v) is 8.09. The minimum atomic E-state index is -0.319. The van der Waals surface area contributed by atoms with Crippen LogP contribution in [-0.4, -0.2) is 91.2 Å². The first-order valence-electron chi connectivity index (χ1n) is 14.0. The van der Waals surface area contributed by atoms with Crippen molar-refractivity contribution in [1.29, 1.82) is 0 Å². The molecule has 5 rings (SSSR count). The molecule has 2 aromatic rings. The number of amides is 2. The van der Waals surface area contributed by atoms with Gasteiger partial charge in [0.2, 0.25) is 5.95 Å². The summed E-state index contributed by atoms with van der Waals surface area (Å²) in [5, 5.41) is 3.54. The predicted octanol–water partition coefficient (Wildman–Crippen LogP) is 2.96. The number of likely N-dealkylation sites (N-methyl/N-ethyl adjacent to an activating group) is 1. The maximum atomic E-state index is 12.3. The summed E-state index contributed by atoms with van der Waals surface area (Å²) in [5.74, 6) is 2.78. The van der Waals surface area contributed by atoms with Crippen LogP contribution in [0.2, 0.25) is 0 Å². The monoisotopic (exact) mass is 506 g/mol. The molecule has 0 bridgehead atoms. The van der Waals surface area contributed by atoms with Gasteiger partial charge in [0.15, 0.2) is 0 Å². The van der Waals surface area contributed by atoms with Crippen LogP contribution >= 0.6 is 0 Å². The molecule has 2 amide bonds. The molecule has 9 heteroatoms. The lowest BCUT2D eigenvalue weighted by Crippen LogP contribution is -2.49.